The minimum atomic E-state index is -0.326. The fourth-order valence-electron chi connectivity index (χ4n) is 2.31. The third kappa shape index (κ3) is 4.07. The molecule has 0 saturated heterocycles. The van der Waals surface area contributed by atoms with E-state index in [1.807, 2.05) is 19.1 Å². The number of amides is 2. The molecule has 0 aliphatic carbocycles. The van der Waals surface area contributed by atoms with Crippen molar-refractivity contribution < 1.29 is 14.3 Å². The van der Waals surface area contributed by atoms with Crippen molar-refractivity contribution in [2.75, 3.05) is 17.7 Å². The van der Waals surface area contributed by atoms with E-state index in [0.29, 0.717) is 27.7 Å². The molecule has 0 fully saturated rings. The van der Waals surface area contributed by atoms with Crippen LogP contribution in [0.25, 0.3) is 0 Å². The number of carbonyl (C=O) groups excluding carboxylic acids is 2. The number of nitrogens with zero attached hydrogens (tertiary/aromatic N) is 1. The molecule has 2 N–H and O–H groups in total. The molecule has 0 bridgehead atoms. The second-order valence-corrected chi connectivity index (χ2v) is 6.42. The maximum atomic E-state index is 12.4. The van der Waals surface area contributed by atoms with Crippen molar-refractivity contribution in [1.82, 2.24) is 4.98 Å². The summed E-state index contributed by atoms with van der Waals surface area (Å²) in [6, 6.07) is 12.2. The van der Waals surface area contributed by atoms with E-state index in [-0.39, 0.29) is 11.8 Å². The van der Waals surface area contributed by atoms with Crippen molar-refractivity contribution in [2.24, 2.45) is 0 Å². The molecule has 26 heavy (non-hydrogen) atoms. The molecule has 1 aromatic heterocycles. The van der Waals surface area contributed by atoms with Gasteiger partial charge in [0.1, 0.15) is 5.75 Å². The summed E-state index contributed by atoms with van der Waals surface area (Å²) in [6.45, 7) is 1.96. The summed E-state index contributed by atoms with van der Waals surface area (Å²) in [5.41, 5.74) is 2.54. The quantitative estimate of drug-likeness (QED) is 0.715. The third-order valence-electron chi connectivity index (χ3n) is 3.67. The predicted octanol–water partition coefficient (Wildman–Crippen LogP) is 3.96. The van der Waals surface area contributed by atoms with Crippen LogP contribution in [-0.2, 0) is 0 Å². The number of nitrogens with one attached hydrogen (secondary N) is 2. The van der Waals surface area contributed by atoms with Gasteiger partial charge in [-0.25, -0.2) is 4.98 Å². The van der Waals surface area contributed by atoms with E-state index in [1.165, 1.54) is 18.4 Å². The van der Waals surface area contributed by atoms with E-state index in [2.05, 4.69) is 15.6 Å². The zero-order valence-corrected chi connectivity index (χ0v) is 15.1. The Balaban J connectivity index is 1.76. The summed E-state index contributed by atoms with van der Waals surface area (Å²) in [5, 5.41) is 7.79. The van der Waals surface area contributed by atoms with Gasteiger partial charge in [-0.3, -0.25) is 14.9 Å². The highest BCUT2D eigenvalue weighted by atomic mass is 32.1. The minimum Gasteiger partial charge on any atom is -0.496 e. The second-order valence-electron chi connectivity index (χ2n) is 5.53. The van der Waals surface area contributed by atoms with Crippen LogP contribution in [0.3, 0.4) is 0 Å². The molecule has 1 heterocycles. The van der Waals surface area contributed by atoms with Crippen LogP contribution >= 0.6 is 11.3 Å². The number of methoxy groups -OCH3 is 1. The lowest BCUT2D eigenvalue weighted by atomic mass is 10.1. The highest BCUT2D eigenvalue weighted by Gasteiger charge is 2.15. The molecule has 0 saturated carbocycles. The minimum absolute atomic E-state index is 0.230. The molecule has 132 valence electrons. The Kier molecular flexibility index (Phi) is 5.28. The summed E-state index contributed by atoms with van der Waals surface area (Å²) in [4.78, 5) is 28.7. The smallest absolute Gasteiger partial charge is 0.261 e. The monoisotopic (exact) mass is 367 g/mol. The molecule has 0 atom stereocenters. The number of aryl methyl sites for hydroxylation is 1. The Labute approximate surface area is 154 Å². The molecule has 6 nitrogen and oxygen atoms in total. The molecule has 3 aromatic rings. The maximum absolute atomic E-state index is 12.4. The molecular weight excluding hydrogens is 350 g/mol. The van der Waals surface area contributed by atoms with Crippen LogP contribution in [0.5, 0.6) is 5.75 Å². The summed E-state index contributed by atoms with van der Waals surface area (Å²) >= 11 is 1.33. The Morgan fingerprint density at radius 1 is 1.04 bits per heavy atom. The summed E-state index contributed by atoms with van der Waals surface area (Å²) in [6.07, 6.45) is 1.61. The van der Waals surface area contributed by atoms with E-state index in [4.69, 9.17) is 4.74 Å². The third-order valence-corrected chi connectivity index (χ3v) is 4.36. The number of aromatic nitrogens is 1. The number of carbonyl (C=O) groups is 2. The topological polar surface area (TPSA) is 80.3 Å². The van der Waals surface area contributed by atoms with Crippen LogP contribution in [0.4, 0.5) is 10.8 Å². The highest BCUT2D eigenvalue weighted by molar-refractivity contribution is 7.13. The van der Waals surface area contributed by atoms with Gasteiger partial charge in [0.15, 0.2) is 5.13 Å². The van der Waals surface area contributed by atoms with E-state index in [1.54, 1.807) is 41.9 Å². The van der Waals surface area contributed by atoms with Gasteiger partial charge < -0.3 is 10.1 Å². The number of ether oxygens (including phenoxy) is 1. The van der Waals surface area contributed by atoms with Gasteiger partial charge in [-0.15, -0.1) is 11.3 Å². The lowest BCUT2D eigenvalue weighted by Crippen LogP contribution is -2.15. The average molecular weight is 367 g/mol. The molecule has 0 unspecified atom stereocenters. The number of rotatable bonds is 5. The summed E-state index contributed by atoms with van der Waals surface area (Å²) in [5.74, 6) is -0.194. The Bertz CT molecular complexity index is 922. The van der Waals surface area contributed by atoms with Gasteiger partial charge >= 0.3 is 0 Å². The van der Waals surface area contributed by atoms with Crippen LogP contribution in [-0.4, -0.2) is 23.9 Å². The fraction of sp³-hybridized carbons (Fsp3) is 0.105. The van der Waals surface area contributed by atoms with Crippen molar-refractivity contribution in [3.05, 3.63) is 70.7 Å². The summed E-state index contributed by atoms with van der Waals surface area (Å²) in [7, 11) is 1.47. The normalized spacial score (nSPS) is 10.2. The predicted molar refractivity (Wildman–Crippen MR) is 102 cm³/mol. The molecule has 2 aromatic carbocycles. The van der Waals surface area contributed by atoms with Crippen LogP contribution in [0, 0.1) is 6.92 Å². The highest BCUT2D eigenvalue weighted by Crippen LogP contribution is 2.25. The van der Waals surface area contributed by atoms with Crippen molar-refractivity contribution in [3.63, 3.8) is 0 Å². The Morgan fingerprint density at radius 2 is 1.81 bits per heavy atom. The molecule has 2 amide bonds. The first kappa shape index (κ1) is 17.6. The van der Waals surface area contributed by atoms with E-state index < -0.39 is 0 Å². The van der Waals surface area contributed by atoms with E-state index >= 15 is 0 Å². The fourth-order valence-corrected chi connectivity index (χ4v) is 2.84. The zero-order chi connectivity index (χ0) is 18.5. The Morgan fingerprint density at radius 3 is 2.46 bits per heavy atom. The number of thiazole rings is 1. The number of anilines is 2. The SMILES string of the molecule is COc1cc(NC(=O)c2ccc(C)cc2)ccc1C(=O)Nc1nccs1. The van der Waals surface area contributed by atoms with Gasteiger partial charge in [0.25, 0.3) is 11.8 Å². The maximum Gasteiger partial charge on any atom is 0.261 e. The van der Waals surface area contributed by atoms with Crippen molar-refractivity contribution in [1.29, 1.82) is 0 Å². The van der Waals surface area contributed by atoms with Crippen LogP contribution in [0.1, 0.15) is 26.3 Å². The van der Waals surface area contributed by atoms with Crippen LogP contribution < -0.4 is 15.4 Å². The van der Waals surface area contributed by atoms with Gasteiger partial charge in [-0.2, -0.15) is 0 Å². The lowest BCUT2D eigenvalue weighted by Gasteiger charge is -2.11. The molecule has 3 rings (SSSR count). The van der Waals surface area contributed by atoms with Gasteiger partial charge in [-0.1, -0.05) is 17.7 Å². The standard InChI is InChI=1S/C19H17N3O3S/c1-12-3-5-13(6-4-12)17(23)21-14-7-8-15(16(11-14)25-2)18(24)22-19-20-9-10-26-19/h3-11H,1-2H3,(H,21,23)(H,20,22,24). The van der Waals surface area contributed by atoms with Crippen molar-refractivity contribution in [2.45, 2.75) is 6.92 Å². The van der Waals surface area contributed by atoms with E-state index in [0.717, 1.165) is 5.56 Å². The second kappa shape index (κ2) is 7.79. The van der Waals surface area contributed by atoms with E-state index in [9.17, 15) is 9.59 Å². The molecular formula is C19H17N3O3S. The zero-order valence-electron chi connectivity index (χ0n) is 14.3. The molecule has 0 aliphatic heterocycles. The first-order valence-corrected chi connectivity index (χ1v) is 8.71. The number of hydrogen-bond acceptors (Lipinski definition) is 5. The van der Waals surface area contributed by atoms with Crippen LogP contribution in [0.2, 0.25) is 0 Å². The molecule has 7 heteroatoms. The van der Waals surface area contributed by atoms with Crippen LogP contribution in [0.15, 0.2) is 54.0 Å². The van der Waals surface area contributed by atoms with Gasteiger partial charge in [0.05, 0.1) is 12.7 Å². The largest absolute Gasteiger partial charge is 0.496 e. The Hall–Kier alpha value is -3.19. The van der Waals surface area contributed by atoms with Crippen molar-refractivity contribution in [3.8, 4) is 5.75 Å². The van der Waals surface area contributed by atoms with Gasteiger partial charge in [-0.05, 0) is 31.2 Å². The lowest BCUT2D eigenvalue weighted by molar-refractivity contribution is 0.101. The number of benzene rings is 2. The first-order chi connectivity index (χ1) is 12.6. The first-order valence-electron chi connectivity index (χ1n) is 7.83. The number of hydrogen-bond donors (Lipinski definition) is 2. The molecule has 0 aliphatic rings. The molecule has 0 spiro atoms. The molecule has 0 radical (unpaired) electrons. The van der Waals surface area contributed by atoms with Crippen molar-refractivity contribution >= 4 is 34.0 Å². The summed E-state index contributed by atoms with van der Waals surface area (Å²) < 4.78 is 5.30. The van der Waals surface area contributed by atoms with Gasteiger partial charge in [0, 0.05) is 28.9 Å². The van der Waals surface area contributed by atoms with Gasteiger partial charge in [0.2, 0.25) is 0 Å². The average Bonchev–Trinajstić information content (AvgIpc) is 3.15.